The number of aryl methyl sites for hydroxylation is 1. The summed E-state index contributed by atoms with van der Waals surface area (Å²) in [5.74, 6) is 0.579. The highest BCUT2D eigenvalue weighted by Gasteiger charge is 2.24. The fraction of sp³-hybridized carbons (Fsp3) is 0.0714. The Morgan fingerprint density at radius 2 is 1.67 bits per heavy atom. The first-order valence-electron chi connectivity index (χ1n) is 10.7. The number of rotatable bonds is 5. The van der Waals surface area contributed by atoms with Crippen molar-refractivity contribution < 1.29 is 9.53 Å². The highest BCUT2D eigenvalue weighted by molar-refractivity contribution is 8.18. The number of hydrogen-bond donors (Lipinski definition) is 1. The number of hydrogen-bond acceptors (Lipinski definition) is 4. The lowest BCUT2D eigenvalue weighted by molar-refractivity contribution is -0.115. The maximum absolute atomic E-state index is 12.7. The molecule has 5 rings (SSSR count). The van der Waals surface area contributed by atoms with Gasteiger partial charge in [-0.15, -0.1) is 0 Å². The highest BCUT2D eigenvalue weighted by Crippen LogP contribution is 2.35. The lowest BCUT2D eigenvalue weighted by Gasteiger charge is -2.12. The topological polar surface area (TPSA) is 50.7 Å². The van der Waals surface area contributed by atoms with Crippen LogP contribution < -0.4 is 10.1 Å². The molecule has 1 N–H and O–H groups in total. The van der Waals surface area contributed by atoms with Crippen LogP contribution in [0.15, 0.2) is 101 Å². The smallest absolute Gasteiger partial charge is 0.264 e. The number of carbonyl (C=O) groups excluding carboxylic acids is 1. The van der Waals surface area contributed by atoms with Crippen LogP contribution in [0.4, 0.5) is 5.69 Å². The van der Waals surface area contributed by atoms with Crippen LogP contribution in [0.3, 0.4) is 0 Å². The van der Waals surface area contributed by atoms with Crippen molar-refractivity contribution in [1.29, 1.82) is 0 Å². The van der Waals surface area contributed by atoms with E-state index in [-0.39, 0.29) is 5.91 Å². The lowest BCUT2D eigenvalue weighted by atomic mass is 10.0. The van der Waals surface area contributed by atoms with Crippen LogP contribution in [0.1, 0.15) is 16.7 Å². The van der Waals surface area contributed by atoms with E-state index in [0.717, 1.165) is 33.3 Å². The molecule has 4 aromatic carbocycles. The molecular weight excluding hydrogens is 428 g/mol. The predicted octanol–water partition coefficient (Wildman–Crippen LogP) is 6.62. The third-order valence-electron chi connectivity index (χ3n) is 5.36. The fourth-order valence-electron chi connectivity index (χ4n) is 3.63. The van der Waals surface area contributed by atoms with Gasteiger partial charge >= 0.3 is 0 Å². The van der Waals surface area contributed by atoms with Crippen molar-refractivity contribution in [3.05, 3.63) is 113 Å². The Hall–Kier alpha value is -3.83. The molecule has 0 bridgehead atoms. The van der Waals surface area contributed by atoms with Crippen LogP contribution >= 0.6 is 11.8 Å². The third kappa shape index (κ3) is 4.83. The predicted molar refractivity (Wildman–Crippen MR) is 137 cm³/mol. The van der Waals surface area contributed by atoms with Gasteiger partial charge in [-0.1, -0.05) is 78.4 Å². The second kappa shape index (κ2) is 9.35. The zero-order valence-electron chi connectivity index (χ0n) is 18.1. The van der Waals surface area contributed by atoms with Gasteiger partial charge in [-0.3, -0.25) is 4.79 Å². The second-order valence-electron chi connectivity index (χ2n) is 7.79. The maximum atomic E-state index is 12.7. The van der Waals surface area contributed by atoms with E-state index in [1.807, 2.05) is 91.9 Å². The van der Waals surface area contributed by atoms with Gasteiger partial charge in [0.2, 0.25) is 0 Å². The van der Waals surface area contributed by atoms with Crippen LogP contribution in [0, 0.1) is 6.92 Å². The Kier molecular flexibility index (Phi) is 5.96. The minimum Gasteiger partial charge on any atom is -0.488 e. The monoisotopic (exact) mass is 450 g/mol. The normalized spacial score (nSPS) is 15.8. The summed E-state index contributed by atoms with van der Waals surface area (Å²) in [5.41, 5.74) is 3.95. The van der Waals surface area contributed by atoms with Gasteiger partial charge in [-0.05, 0) is 59.3 Å². The van der Waals surface area contributed by atoms with Crippen LogP contribution in [0.5, 0.6) is 5.75 Å². The zero-order valence-corrected chi connectivity index (χ0v) is 18.9. The number of thioether (sulfide) groups is 1. The maximum Gasteiger partial charge on any atom is 0.264 e. The first-order chi connectivity index (χ1) is 16.2. The zero-order chi connectivity index (χ0) is 22.6. The van der Waals surface area contributed by atoms with Gasteiger partial charge in [-0.25, -0.2) is 4.99 Å². The number of amides is 1. The molecule has 1 saturated heterocycles. The molecule has 0 saturated carbocycles. The first-order valence-corrected chi connectivity index (χ1v) is 11.5. The van der Waals surface area contributed by atoms with Crippen molar-refractivity contribution in [1.82, 2.24) is 5.32 Å². The van der Waals surface area contributed by atoms with Crippen LogP contribution in [-0.4, -0.2) is 11.1 Å². The molecule has 4 nitrogen and oxygen atoms in total. The van der Waals surface area contributed by atoms with Crippen molar-refractivity contribution in [2.45, 2.75) is 13.5 Å². The van der Waals surface area contributed by atoms with Crippen molar-refractivity contribution >= 4 is 45.4 Å². The molecule has 162 valence electrons. The molecule has 0 unspecified atom stereocenters. The minimum absolute atomic E-state index is 0.159. The van der Waals surface area contributed by atoms with Crippen LogP contribution in [0.2, 0.25) is 0 Å². The average molecular weight is 451 g/mol. The largest absolute Gasteiger partial charge is 0.488 e. The Morgan fingerprint density at radius 3 is 2.48 bits per heavy atom. The number of fused-ring (bicyclic) bond motifs is 1. The highest BCUT2D eigenvalue weighted by atomic mass is 32.2. The summed E-state index contributed by atoms with van der Waals surface area (Å²) in [4.78, 5) is 17.9. The number of nitrogens with one attached hydrogen (secondary N) is 1. The van der Waals surface area contributed by atoms with Gasteiger partial charge in [0.15, 0.2) is 5.17 Å². The third-order valence-corrected chi connectivity index (χ3v) is 6.27. The molecule has 1 amide bonds. The number of aliphatic imine (C=N–C) groups is 1. The second-order valence-corrected chi connectivity index (χ2v) is 8.82. The van der Waals surface area contributed by atoms with Crippen molar-refractivity contribution in [3.63, 3.8) is 0 Å². The number of carbonyl (C=O) groups is 1. The summed E-state index contributed by atoms with van der Waals surface area (Å²) >= 11 is 1.34. The molecule has 1 aliphatic rings. The fourth-order valence-corrected chi connectivity index (χ4v) is 4.46. The van der Waals surface area contributed by atoms with Gasteiger partial charge in [0.1, 0.15) is 12.4 Å². The molecule has 1 heterocycles. The number of benzene rings is 4. The quantitative estimate of drug-likeness (QED) is 0.348. The summed E-state index contributed by atoms with van der Waals surface area (Å²) in [6, 6.07) is 30.1. The minimum atomic E-state index is -0.159. The van der Waals surface area contributed by atoms with Crippen LogP contribution in [0.25, 0.3) is 16.8 Å². The van der Waals surface area contributed by atoms with E-state index in [0.29, 0.717) is 16.7 Å². The lowest BCUT2D eigenvalue weighted by Crippen LogP contribution is -2.19. The van der Waals surface area contributed by atoms with Gasteiger partial charge < -0.3 is 10.1 Å². The molecule has 33 heavy (non-hydrogen) atoms. The van der Waals surface area contributed by atoms with Crippen molar-refractivity contribution in [3.8, 4) is 5.75 Å². The molecule has 1 aliphatic heterocycles. The van der Waals surface area contributed by atoms with E-state index in [9.17, 15) is 4.79 Å². The van der Waals surface area contributed by atoms with Gasteiger partial charge in [0.25, 0.3) is 5.91 Å². The number of amidine groups is 1. The molecular formula is C28H22N2O2S. The van der Waals surface area contributed by atoms with Crippen molar-refractivity contribution in [2.24, 2.45) is 4.99 Å². The Bertz CT molecular complexity index is 1380. The van der Waals surface area contributed by atoms with E-state index in [1.165, 1.54) is 17.3 Å². The van der Waals surface area contributed by atoms with Crippen molar-refractivity contribution in [2.75, 3.05) is 0 Å². The standard InChI is InChI=1S/C28H22N2O2S/c1-19-11-14-22(15-12-19)29-28-30-27(31)26(33-28)17-24-23-10-6-5-9-21(23)13-16-25(24)32-18-20-7-3-2-4-8-20/h2-17H,18H2,1H3,(H,29,30,31)/b26-17-. The van der Waals surface area contributed by atoms with Gasteiger partial charge in [0.05, 0.1) is 10.6 Å². The molecule has 0 aromatic heterocycles. The number of nitrogens with zero attached hydrogens (tertiary/aromatic N) is 1. The molecule has 0 aliphatic carbocycles. The number of ether oxygens (including phenoxy) is 1. The summed E-state index contributed by atoms with van der Waals surface area (Å²) in [5, 5.41) is 5.58. The summed E-state index contributed by atoms with van der Waals surface area (Å²) in [6.07, 6.45) is 1.90. The van der Waals surface area contributed by atoms with E-state index < -0.39 is 0 Å². The summed E-state index contributed by atoms with van der Waals surface area (Å²) in [6.45, 7) is 2.49. The van der Waals surface area contributed by atoms with Gasteiger partial charge in [0, 0.05) is 5.56 Å². The Balaban J connectivity index is 1.48. The molecule has 0 spiro atoms. The summed E-state index contributed by atoms with van der Waals surface area (Å²) < 4.78 is 6.19. The Labute approximate surface area is 197 Å². The first kappa shape index (κ1) is 21.0. The Morgan fingerprint density at radius 1 is 0.909 bits per heavy atom. The summed E-state index contributed by atoms with van der Waals surface area (Å²) in [7, 11) is 0. The average Bonchev–Trinajstić information content (AvgIpc) is 3.19. The van der Waals surface area contributed by atoms with E-state index in [4.69, 9.17) is 4.74 Å². The van der Waals surface area contributed by atoms with E-state index in [2.05, 4.69) is 22.4 Å². The molecule has 0 atom stereocenters. The molecule has 1 fully saturated rings. The van der Waals surface area contributed by atoms with E-state index >= 15 is 0 Å². The molecule has 4 aromatic rings. The SMILES string of the molecule is Cc1ccc(N=C2NC(=O)/C(=C/c3c(OCc4ccccc4)ccc4ccccc34)S2)cc1. The van der Waals surface area contributed by atoms with Crippen LogP contribution in [-0.2, 0) is 11.4 Å². The molecule has 0 radical (unpaired) electrons. The molecule has 5 heteroatoms. The van der Waals surface area contributed by atoms with E-state index in [1.54, 1.807) is 0 Å². The van der Waals surface area contributed by atoms with Gasteiger partial charge in [-0.2, -0.15) is 0 Å².